The van der Waals surface area contributed by atoms with Gasteiger partial charge >= 0.3 is 5.97 Å². The van der Waals surface area contributed by atoms with E-state index in [0.717, 1.165) is 21.8 Å². The van der Waals surface area contributed by atoms with Gasteiger partial charge < -0.3 is 10.0 Å². The predicted molar refractivity (Wildman–Crippen MR) is 80.8 cm³/mol. The van der Waals surface area contributed by atoms with Crippen molar-refractivity contribution in [3.63, 3.8) is 0 Å². The molecule has 2 N–H and O–H groups in total. The number of fused-ring (bicyclic) bond motifs is 1. The first-order chi connectivity index (χ1) is 10.7. The summed E-state index contributed by atoms with van der Waals surface area (Å²) in [4.78, 5) is 22.7. The fourth-order valence-electron chi connectivity index (χ4n) is 2.52. The summed E-state index contributed by atoms with van der Waals surface area (Å²) in [6.07, 6.45) is 3.43. The van der Waals surface area contributed by atoms with Gasteiger partial charge in [-0.1, -0.05) is 0 Å². The number of carboxylic acids is 1. The van der Waals surface area contributed by atoms with Gasteiger partial charge in [-0.15, -0.1) is 11.3 Å². The number of rotatable bonds is 3. The maximum absolute atomic E-state index is 11.0. The van der Waals surface area contributed by atoms with Gasteiger partial charge in [-0.2, -0.15) is 5.10 Å². The van der Waals surface area contributed by atoms with Crippen LogP contribution in [0.1, 0.15) is 20.9 Å². The number of carboxylic acid groups (broad SMARTS) is 1. The molecule has 0 spiro atoms. The van der Waals surface area contributed by atoms with E-state index in [1.54, 1.807) is 30.6 Å². The Labute approximate surface area is 129 Å². The summed E-state index contributed by atoms with van der Waals surface area (Å²) in [7, 11) is 0. The van der Waals surface area contributed by atoms with E-state index in [0.29, 0.717) is 23.9 Å². The number of carbonyl (C=O) groups is 1. The molecule has 0 amide bonds. The normalized spacial score (nSPS) is 13.4. The Bertz CT molecular complexity index is 842. The Morgan fingerprint density at radius 1 is 1.27 bits per heavy atom. The fraction of sp³-hybridized carbons (Fsp3) is 0.143. The highest BCUT2D eigenvalue weighted by Crippen LogP contribution is 2.35. The van der Waals surface area contributed by atoms with Crippen LogP contribution < -0.4 is 4.90 Å². The molecule has 0 aromatic carbocycles. The van der Waals surface area contributed by atoms with Gasteiger partial charge in [0.2, 0.25) is 5.95 Å². The second-order valence-electron chi connectivity index (χ2n) is 4.90. The molecular formula is C14H11N5O2S. The molecule has 3 aromatic rings. The number of thiophene rings is 1. The summed E-state index contributed by atoms with van der Waals surface area (Å²) < 4.78 is 0. The largest absolute Gasteiger partial charge is 0.477 e. The molecule has 0 saturated carbocycles. The number of aromatic amines is 1. The second kappa shape index (κ2) is 4.92. The smallest absolute Gasteiger partial charge is 0.345 e. The zero-order chi connectivity index (χ0) is 15.1. The van der Waals surface area contributed by atoms with E-state index >= 15 is 0 Å². The van der Waals surface area contributed by atoms with Crippen LogP contribution in [0.15, 0.2) is 30.6 Å². The SMILES string of the molecule is O=C(O)c1ccc(-c2n[nH]c3c2CN(c2ncccn2)C3)s1. The summed E-state index contributed by atoms with van der Waals surface area (Å²) in [5.41, 5.74) is 2.91. The van der Waals surface area contributed by atoms with E-state index in [9.17, 15) is 4.79 Å². The number of nitrogens with zero attached hydrogens (tertiary/aromatic N) is 4. The lowest BCUT2D eigenvalue weighted by atomic mass is 10.2. The number of hydrogen-bond donors (Lipinski definition) is 2. The number of hydrogen-bond acceptors (Lipinski definition) is 6. The zero-order valence-electron chi connectivity index (χ0n) is 11.4. The van der Waals surface area contributed by atoms with Crippen molar-refractivity contribution in [2.75, 3.05) is 4.90 Å². The molecule has 0 atom stereocenters. The van der Waals surface area contributed by atoms with Crippen LogP contribution in [-0.2, 0) is 13.1 Å². The van der Waals surface area contributed by atoms with Crippen LogP contribution in [0.2, 0.25) is 0 Å². The van der Waals surface area contributed by atoms with Crippen molar-refractivity contribution >= 4 is 23.3 Å². The van der Waals surface area contributed by atoms with Crippen LogP contribution >= 0.6 is 11.3 Å². The van der Waals surface area contributed by atoms with Crippen LogP contribution in [0.5, 0.6) is 0 Å². The molecule has 4 rings (SSSR count). The summed E-state index contributed by atoms with van der Waals surface area (Å²) in [5, 5.41) is 16.4. The monoisotopic (exact) mass is 313 g/mol. The van der Waals surface area contributed by atoms with Gasteiger partial charge in [0.25, 0.3) is 0 Å². The van der Waals surface area contributed by atoms with Gasteiger partial charge in [0.1, 0.15) is 10.6 Å². The first-order valence-electron chi connectivity index (χ1n) is 6.64. The van der Waals surface area contributed by atoms with Crippen molar-refractivity contribution in [1.82, 2.24) is 20.2 Å². The summed E-state index contributed by atoms with van der Waals surface area (Å²) >= 11 is 1.23. The third-order valence-electron chi connectivity index (χ3n) is 3.54. The highest BCUT2D eigenvalue weighted by molar-refractivity contribution is 7.17. The molecule has 110 valence electrons. The van der Waals surface area contributed by atoms with Crippen molar-refractivity contribution in [2.45, 2.75) is 13.1 Å². The molecule has 8 heteroatoms. The van der Waals surface area contributed by atoms with Gasteiger partial charge in [0, 0.05) is 18.0 Å². The van der Waals surface area contributed by atoms with E-state index in [1.807, 2.05) is 0 Å². The Kier molecular flexibility index (Phi) is 2.90. The zero-order valence-corrected chi connectivity index (χ0v) is 12.2. The molecule has 0 unspecified atom stereocenters. The first kappa shape index (κ1) is 13.0. The number of nitrogens with one attached hydrogen (secondary N) is 1. The highest BCUT2D eigenvalue weighted by atomic mass is 32.1. The topological polar surface area (TPSA) is 95.0 Å². The minimum Gasteiger partial charge on any atom is -0.477 e. The van der Waals surface area contributed by atoms with E-state index < -0.39 is 5.97 Å². The molecule has 0 radical (unpaired) electrons. The molecule has 0 saturated heterocycles. The molecular weight excluding hydrogens is 302 g/mol. The van der Waals surface area contributed by atoms with Crippen molar-refractivity contribution in [1.29, 1.82) is 0 Å². The molecule has 0 aliphatic carbocycles. The number of H-pyrrole nitrogens is 1. The lowest BCUT2D eigenvalue weighted by Crippen LogP contribution is -2.18. The molecule has 4 heterocycles. The molecule has 1 aliphatic rings. The number of aromatic carboxylic acids is 1. The lowest BCUT2D eigenvalue weighted by Gasteiger charge is -2.14. The van der Waals surface area contributed by atoms with Crippen LogP contribution in [0.25, 0.3) is 10.6 Å². The Balaban J connectivity index is 1.66. The van der Waals surface area contributed by atoms with Crippen LogP contribution in [-0.4, -0.2) is 31.2 Å². The predicted octanol–water partition coefficient (Wildman–Crippen LogP) is 2.15. The third-order valence-corrected chi connectivity index (χ3v) is 4.62. The minimum atomic E-state index is -0.914. The minimum absolute atomic E-state index is 0.313. The van der Waals surface area contributed by atoms with E-state index in [1.165, 1.54) is 11.3 Å². The highest BCUT2D eigenvalue weighted by Gasteiger charge is 2.27. The first-order valence-corrected chi connectivity index (χ1v) is 7.45. The van der Waals surface area contributed by atoms with E-state index in [-0.39, 0.29) is 0 Å². The fourth-order valence-corrected chi connectivity index (χ4v) is 3.38. The Morgan fingerprint density at radius 2 is 2.09 bits per heavy atom. The van der Waals surface area contributed by atoms with Gasteiger partial charge in [-0.3, -0.25) is 5.10 Å². The molecule has 22 heavy (non-hydrogen) atoms. The number of anilines is 1. The van der Waals surface area contributed by atoms with Gasteiger partial charge in [0.15, 0.2) is 0 Å². The van der Waals surface area contributed by atoms with Gasteiger partial charge in [-0.05, 0) is 18.2 Å². The molecule has 0 bridgehead atoms. The van der Waals surface area contributed by atoms with E-state index in [4.69, 9.17) is 5.11 Å². The summed E-state index contributed by atoms with van der Waals surface area (Å²) in [6, 6.07) is 5.19. The quantitative estimate of drug-likeness (QED) is 0.769. The molecule has 3 aromatic heterocycles. The van der Waals surface area contributed by atoms with E-state index in [2.05, 4.69) is 25.1 Å². The average Bonchev–Trinajstić information content (AvgIpc) is 3.22. The van der Waals surface area contributed by atoms with Crippen LogP contribution in [0, 0.1) is 0 Å². The standard InChI is InChI=1S/C14H11N5O2S/c20-13(21)11-3-2-10(22-11)12-8-6-19(7-9(8)17-18-12)14-15-4-1-5-16-14/h1-5H,6-7H2,(H,17,18)(H,20,21). The molecule has 0 fully saturated rings. The third kappa shape index (κ3) is 2.04. The van der Waals surface area contributed by atoms with Crippen LogP contribution in [0.3, 0.4) is 0 Å². The maximum Gasteiger partial charge on any atom is 0.345 e. The van der Waals surface area contributed by atoms with Crippen molar-refractivity contribution in [2.24, 2.45) is 0 Å². The summed E-state index contributed by atoms with van der Waals surface area (Å²) in [5.74, 6) is -0.238. The average molecular weight is 313 g/mol. The maximum atomic E-state index is 11.0. The molecule has 1 aliphatic heterocycles. The second-order valence-corrected chi connectivity index (χ2v) is 5.99. The van der Waals surface area contributed by atoms with Crippen LogP contribution in [0.4, 0.5) is 5.95 Å². The van der Waals surface area contributed by atoms with Gasteiger partial charge in [-0.25, -0.2) is 14.8 Å². The van der Waals surface area contributed by atoms with Crippen molar-refractivity contribution in [3.8, 4) is 10.6 Å². The van der Waals surface area contributed by atoms with Crippen molar-refractivity contribution < 1.29 is 9.90 Å². The van der Waals surface area contributed by atoms with Gasteiger partial charge in [0.05, 0.1) is 23.7 Å². The Hall–Kier alpha value is -2.74. The van der Waals surface area contributed by atoms with Crippen molar-refractivity contribution in [3.05, 3.63) is 46.7 Å². The number of aromatic nitrogens is 4. The lowest BCUT2D eigenvalue weighted by molar-refractivity contribution is 0.0702. The molecule has 7 nitrogen and oxygen atoms in total. The summed E-state index contributed by atoms with van der Waals surface area (Å²) in [6.45, 7) is 1.33. The Morgan fingerprint density at radius 3 is 2.82 bits per heavy atom.